The SMILES string of the molecule is COCC(=O)N[C@@H]1CC[C@@H](CC(=O)NCc2ccc(Cl)cc2)O[C@@H]1CO. The summed E-state index contributed by atoms with van der Waals surface area (Å²) in [5, 5.41) is 15.8. The number of carbonyl (C=O) groups is 2. The Morgan fingerprint density at radius 3 is 2.65 bits per heavy atom. The lowest BCUT2D eigenvalue weighted by molar-refractivity contribution is -0.137. The van der Waals surface area contributed by atoms with Gasteiger partial charge < -0.3 is 25.2 Å². The molecule has 1 heterocycles. The van der Waals surface area contributed by atoms with Gasteiger partial charge in [-0.15, -0.1) is 0 Å². The number of aliphatic hydroxyl groups is 1. The Morgan fingerprint density at radius 2 is 2.00 bits per heavy atom. The van der Waals surface area contributed by atoms with Crippen LogP contribution in [0.4, 0.5) is 0 Å². The van der Waals surface area contributed by atoms with Crippen LogP contribution in [-0.2, 0) is 25.6 Å². The van der Waals surface area contributed by atoms with Gasteiger partial charge in [-0.05, 0) is 30.5 Å². The van der Waals surface area contributed by atoms with E-state index in [4.69, 9.17) is 21.1 Å². The minimum Gasteiger partial charge on any atom is -0.394 e. The Bertz CT molecular complexity index is 596. The number of aliphatic hydroxyl groups excluding tert-OH is 1. The van der Waals surface area contributed by atoms with Crippen molar-refractivity contribution in [3.63, 3.8) is 0 Å². The number of carbonyl (C=O) groups excluding carboxylic acids is 2. The van der Waals surface area contributed by atoms with Gasteiger partial charge in [0, 0.05) is 18.7 Å². The van der Waals surface area contributed by atoms with E-state index in [2.05, 4.69) is 10.6 Å². The van der Waals surface area contributed by atoms with Crippen molar-refractivity contribution in [2.24, 2.45) is 0 Å². The lowest BCUT2D eigenvalue weighted by Gasteiger charge is -2.35. The molecule has 2 rings (SSSR count). The van der Waals surface area contributed by atoms with Crippen LogP contribution in [0.25, 0.3) is 0 Å². The summed E-state index contributed by atoms with van der Waals surface area (Å²) in [7, 11) is 1.44. The fraction of sp³-hybridized carbons (Fsp3) is 0.556. The van der Waals surface area contributed by atoms with E-state index in [9.17, 15) is 14.7 Å². The molecule has 0 spiro atoms. The molecule has 0 aliphatic carbocycles. The van der Waals surface area contributed by atoms with Gasteiger partial charge in [0.25, 0.3) is 0 Å². The largest absolute Gasteiger partial charge is 0.394 e. The molecule has 26 heavy (non-hydrogen) atoms. The van der Waals surface area contributed by atoms with Gasteiger partial charge in [0.2, 0.25) is 11.8 Å². The number of hydrogen-bond donors (Lipinski definition) is 3. The molecule has 0 radical (unpaired) electrons. The van der Waals surface area contributed by atoms with E-state index in [-0.39, 0.29) is 43.6 Å². The minimum absolute atomic E-state index is 0.0365. The Balaban J connectivity index is 1.76. The van der Waals surface area contributed by atoms with E-state index >= 15 is 0 Å². The molecule has 1 saturated heterocycles. The molecule has 3 atom stereocenters. The molecule has 1 fully saturated rings. The summed E-state index contributed by atoms with van der Waals surface area (Å²) >= 11 is 5.83. The van der Waals surface area contributed by atoms with Crippen LogP contribution in [0.3, 0.4) is 0 Å². The zero-order valence-electron chi connectivity index (χ0n) is 14.7. The molecule has 3 N–H and O–H groups in total. The quantitative estimate of drug-likeness (QED) is 0.621. The maximum Gasteiger partial charge on any atom is 0.246 e. The molecule has 1 aliphatic heterocycles. The molecular weight excluding hydrogens is 360 g/mol. The zero-order chi connectivity index (χ0) is 18.9. The van der Waals surface area contributed by atoms with E-state index in [0.717, 1.165) is 5.56 Å². The predicted octanol–water partition coefficient (Wildman–Crippen LogP) is 1.02. The third kappa shape index (κ3) is 6.57. The number of halogens is 1. The van der Waals surface area contributed by atoms with Crippen LogP contribution in [0.5, 0.6) is 0 Å². The first kappa shape index (κ1) is 20.6. The lowest BCUT2D eigenvalue weighted by atomic mass is 9.97. The molecule has 1 aromatic rings. The number of ether oxygens (including phenoxy) is 2. The number of methoxy groups -OCH3 is 1. The summed E-state index contributed by atoms with van der Waals surface area (Å²) < 4.78 is 10.6. The first-order valence-corrected chi connectivity index (χ1v) is 8.95. The predicted molar refractivity (Wildman–Crippen MR) is 96.7 cm³/mol. The van der Waals surface area contributed by atoms with Crippen molar-refractivity contribution in [2.75, 3.05) is 20.3 Å². The molecule has 8 heteroatoms. The molecule has 0 saturated carbocycles. The number of nitrogens with one attached hydrogen (secondary N) is 2. The van der Waals surface area contributed by atoms with E-state index in [1.807, 2.05) is 12.1 Å². The number of rotatable bonds is 8. The summed E-state index contributed by atoms with van der Waals surface area (Å²) in [6, 6.07) is 6.98. The van der Waals surface area contributed by atoms with Crippen molar-refractivity contribution >= 4 is 23.4 Å². The highest BCUT2D eigenvalue weighted by Crippen LogP contribution is 2.22. The van der Waals surface area contributed by atoms with Crippen LogP contribution in [0.1, 0.15) is 24.8 Å². The molecule has 7 nitrogen and oxygen atoms in total. The third-order valence-corrected chi connectivity index (χ3v) is 4.49. The number of hydrogen-bond acceptors (Lipinski definition) is 5. The van der Waals surface area contributed by atoms with Crippen molar-refractivity contribution in [3.05, 3.63) is 34.9 Å². The Hall–Kier alpha value is -1.67. The molecular formula is C18H25ClN2O5. The standard InChI is InChI=1S/C18H25ClN2O5/c1-25-11-18(24)21-15-7-6-14(26-16(15)10-22)8-17(23)20-9-12-2-4-13(19)5-3-12/h2-5,14-16,22H,6-11H2,1H3,(H,20,23)(H,21,24)/t14-,15+,16+/m0/s1. The second kappa shape index (κ2) is 10.5. The van der Waals surface area contributed by atoms with Crippen LogP contribution in [0, 0.1) is 0 Å². The van der Waals surface area contributed by atoms with Crippen LogP contribution < -0.4 is 10.6 Å². The maximum absolute atomic E-state index is 12.1. The van der Waals surface area contributed by atoms with Crippen molar-refractivity contribution < 1.29 is 24.2 Å². The van der Waals surface area contributed by atoms with Crippen LogP contribution in [-0.4, -0.2) is 55.5 Å². The van der Waals surface area contributed by atoms with Crippen LogP contribution in [0.2, 0.25) is 5.02 Å². The summed E-state index contributed by atoms with van der Waals surface area (Å²) in [5.41, 5.74) is 0.960. The normalized spacial score (nSPS) is 22.7. The van der Waals surface area contributed by atoms with Crippen LogP contribution in [0.15, 0.2) is 24.3 Å². The maximum atomic E-state index is 12.1. The first-order chi connectivity index (χ1) is 12.5. The van der Waals surface area contributed by atoms with Crippen molar-refractivity contribution in [1.82, 2.24) is 10.6 Å². The number of benzene rings is 1. The fourth-order valence-electron chi connectivity index (χ4n) is 2.91. The average molecular weight is 385 g/mol. The molecule has 144 valence electrons. The van der Waals surface area contributed by atoms with E-state index in [1.165, 1.54) is 7.11 Å². The van der Waals surface area contributed by atoms with Gasteiger partial charge in [0.1, 0.15) is 12.7 Å². The first-order valence-electron chi connectivity index (χ1n) is 8.57. The van der Waals surface area contributed by atoms with Crippen molar-refractivity contribution in [3.8, 4) is 0 Å². The fourth-order valence-corrected chi connectivity index (χ4v) is 3.03. The van der Waals surface area contributed by atoms with Crippen LogP contribution >= 0.6 is 11.6 Å². The van der Waals surface area contributed by atoms with Gasteiger partial charge in [-0.25, -0.2) is 0 Å². The highest BCUT2D eigenvalue weighted by molar-refractivity contribution is 6.30. The van der Waals surface area contributed by atoms with Gasteiger partial charge in [-0.3, -0.25) is 9.59 Å². The smallest absolute Gasteiger partial charge is 0.246 e. The molecule has 2 amide bonds. The van der Waals surface area contributed by atoms with E-state index in [1.54, 1.807) is 12.1 Å². The molecule has 0 aromatic heterocycles. The summed E-state index contributed by atoms with van der Waals surface area (Å²) in [6.07, 6.45) is 0.660. The summed E-state index contributed by atoms with van der Waals surface area (Å²) in [6.45, 7) is 0.161. The average Bonchev–Trinajstić information content (AvgIpc) is 2.62. The monoisotopic (exact) mass is 384 g/mol. The van der Waals surface area contributed by atoms with Gasteiger partial charge in [0.05, 0.1) is 25.2 Å². The van der Waals surface area contributed by atoms with Crippen molar-refractivity contribution in [2.45, 2.75) is 44.1 Å². The molecule has 0 unspecified atom stereocenters. The third-order valence-electron chi connectivity index (χ3n) is 4.23. The summed E-state index contributed by atoms with van der Waals surface area (Å²) in [4.78, 5) is 23.8. The highest BCUT2D eigenvalue weighted by atomic mass is 35.5. The van der Waals surface area contributed by atoms with Gasteiger partial charge in [0.15, 0.2) is 0 Å². The van der Waals surface area contributed by atoms with Crippen molar-refractivity contribution in [1.29, 1.82) is 0 Å². The lowest BCUT2D eigenvalue weighted by Crippen LogP contribution is -2.52. The highest BCUT2D eigenvalue weighted by Gasteiger charge is 2.32. The minimum atomic E-state index is -0.529. The zero-order valence-corrected chi connectivity index (χ0v) is 15.5. The van der Waals surface area contributed by atoms with E-state index < -0.39 is 6.10 Å². The van der Waals surface area contributed by atoms with Gasteiger partial charge in [-0.1, -0.05) is 23.7 Å². The van der Waals surface area contributed by atoms with Gasteiger partial charge in [-0.2, -0.15) is 0 Å². The molecule has 1 aromatic carbocycles. The Kier molecular flexibility index (Phi) is 8.31. The molecule has 1 aliphatic rings. The van der Waals surface area contributed by atoms with Gasteiger partial charge >= 0.3 is 0 Å². The topological polar surface area (TPSA) is 96.9 Å². The second-order valence-corrected chi connectivity index (χ2v) is 6.71. The Labute approximate surface area is 158 Å². The second-order valence-electron chi connectivity index (χ2n) is 6.27. The summed E-state index contributed by atoms with van der Waals surface area (Å²) in [5.74, 6) is -0.373. The van der Waals surface area contributed by atoms with E-state index in [0.29, 0.717) is 24.4 Å². The Morgan fingerprint density at radius 1 is 1.27 bits per heavy atom. The molecule has 0 bridgehead atoms. The number of amides is 2.